The van der Waals surface area contributed by atoms with E-state index in [1.54, 1.807) is 7.11 Å². The van der Waals surface area contributed by atoms with E-state index >= 15 is 0 Å². The minimum atomic E-state index is -0.398. The maximum absolute atomic E-state index is 12.1. The van der Waals surface area contributed by atoms with Gasteiger partial charge in [-0.3, -0.25) is 15.0 Å². The van der Waals surface area contributed by atoms with Crippen LogP contribution in [0.2, 0.25) is 0 Å². The van der Waals surface area contributed by atoms with Crippen molar-refractivity contribution in [1.82, 2.24) is 15.5 Å². The zero-order valence-electron chi connectivity index (χ0n) is 14.8. The number of hydrogen-bond donors (Lipinski definition) is 2. The van der Waals surface area contributed by atoms with E-state index in [9.17, 15) is 9.59 Å². The molecule has 1 aliphatic carbocycles. The lowest BCUT2D eigenvalue weighted by Crippen LogP contribution is -2.47. The number of methoxy groups -OCH3 is 1. The molecule has 0 bridgehead atoms. The average molecular weight is 412 g/mol. The Balaban J connectivity index is 1.79. The van der Waals surface area contributed by atoms with Gasteiger partial charge < -0.3 is 10.1 Å². The fourth-order valence-corrected chi connectivity index (χ4v) is 3.51. The second-order valence-electron chi connectivity index (χ2n) is 6.49. The number of carbonyl (C=O) groups excluding carboxylic acids is 2. The molecule has 1 saturated carbocycles. The molecule has 3 amide bonds. The Kier molecular flexibility index (Phi) is 7.71. The van der Waals surface area contributed by atoms with E-state index in [-0.39, 0.29) is 18.5 Å². The number of ether oxygens (including phenoxy) is 1. The van der Waals surface area contributed by atoms with Gasteiger partial charge in [-0.25, -0.2) is 4.79 Å². The molecule has 0 unspecified atom stereocenters. The molecule has 2 N–H and O–H groups in total. The number of carbonyl (C=O) groups is 2. The van der Waals surface area contributed by atoms with Crippen molar-refractivity contribution in [3.8, 4) is 5.75 Å². The maximum atomic E-state index is 12.1. The predicted octanol–water partition coefficient (Wildman–Crippen LogP) is 3.05. The highest BCUT2D eigenvalue weighted by molar-refractivity contribution is 9.10. The third-order valence-electron chi connectivity index (χ3n) is 4.29. The highest BCUT2D eigenvalue weighted by atomic mass is 79.9. The smallest absolute Gasteiger partial charge is 0.321 e. The largest absolute Gasteiger partial charge is 0.496 e. The Labute approximate surface area is 157 Å². The molecule has 1 aromatic rings. The number of rotatable bonds is 6. The van der Waals surface area contributed by atoms with Crippen LogP contribution in [-0.2, 0) is 11.3 Å². The molecule has 1 aromatic carbocycles. The Morgan fingerprint density at radius 1 is 1.28 bits per heavy atom. The van der Waals surface area contributed by atoms with Crippen molar-refractivity contribution in [3.63, 3.8) is 0 Å². The third-order valence-corrected chi connectivity index (χ3v) is 4.78. The number of hydrogen-bond acceptors (Lipinski definition) is 4. The van der Waals surface area contributed by atoms with Crippen molar-refractivity contribution in [2.24, 2.45) is 0 Å². The van der Waals surface area contributed by atoms with E-state index in [0.29, 0.717) is 6.54 Å². The van der Waals surface area contributed by atoms with E-state index in [4.69, 9.17) is 4.74 Å². The van der Waals surface area contributed by atoms with Crippen LogP contribution in [0, 0.1) is 0 Å². The average Bonchev–Trinajstić information content (AvgIpc) is 2.55. The molecule has 6 nitrogen and oxygen atoms in total. The van der Waals surface area contributed by atoms with E-state index in [1.165, 1.54) is 6.42 Å². The maximum Gasteiger partial charge on any atom is 0.321 e. The molecule has 138 valence electrons. The SMILES string of the molecule is COc1ccc(Br)cc1CN(C)CC(=O)NC(=O)NC1CCCCC1. The van der Waals surface area contributed by atoms with E-state index < -0.39 is 6.03 Å². The van der Waals surface area contributed by atoms with Gasteiger partial charge in [0, 0.05) is 22.6 Å². The van der Waals surface area contributed by atoms with E-state index in [2.05, 4.69) is 26.6 Å². The van der Waals surface area contributed by atoms with Crippen molar-refractivity contribution in [2.75, 3.05) is 20.7 Å². The van der Waals surface area contributed by atoms with Gasteiger partial charge in [0.25, 0.3) is 0 Å². The first-order valence-corrected chi connectivity index (χ1v) is 9.38. The summed E-state index contributed by atoms with van der Waals surface area (Å²) in [4.78, 5) is 25.8. The van der Waals surface area contributed by atoms with Crippen LogP contribution in [0.3, 0.4) is 0 Å². The molecule has 0 spiro atoms. The van der Waals surface area contributed by atoms with Crippen molar-refractivity contribution in [1.29, 1.82) is 0 Å². The minimum Gasteiger partial charge on any atom is -0.496 e. The van der Waals surface area contributed by atoms with Gasteiger partial charge in [0.05, 0.1) is 13.7 Å². The van der Waals surface area contributed by atoms with Gasteiger partial charge in [-0.2, -0.15) is 0 Å². The Morgan fingerprint density at radius 2 is 2.00 bits per heavy atom. The number of nitrogens with one attached hydrogen (secondary N) is 2. The van der Waals surface area contributed by atoms with Gasteiger partial charge in [0.15, 0.2) is 0 Å². The summed E-state index contributed by atoms with van der Waals surface area (Å²) in [6.07, 6.45) is 5.48. The lowest BCUT2D eigenvalue weighted by molar-refractivity contribution is -0.121. The molecule has 1 aliphatic rings. The lowest BCUT2D eigenvalue weighted by Gasteiger charge is -2.23. The van der Waals surface area contributed by atoms with Crippen LogP contribution in [0.25, 0.3) is 0 Å². The topological polar surface area (TPSA) is 70.7 Å². The molecule has 0 radical (unpaired) electrons. The Hall–Kier alpha value is -1.60. The molecule has 2 rings (SSSR count). The first kappa shape index (κ1) is 19.7. The summed E-state index contributed by atoms with van der Waals surface area (Å²) in [6, 6.07) is 5.54. The van der Waals surface area contributed by atoms with Gasteiger partial charge in [-0.1, -0.05) is 35.2 Å². The lowest BCUT2D eigenvalue weighted by atomic mass is 9.96. The van der Waals surface area contributed by atoms with Crippen LogP contribution in [0.15, 0.2) is 22.7 Å². The van der Waals surface area contributed by atoms with Gasteiger partial charge >= 0.3 is 6.03 Å². The molecule has 25 heavy (non-hydrogen) atoms. The van der Waals surface area contributed by atoms with Crippen LogP contribution in [0.1, 0.15) is 37.7 Å². The highest BCUT2D eigenvalue weighted by Gasteiger charge is 2.18. The number of benzene rings is 1. The number of urea groups is 1. The fraction of sp³-hybridized carbons (Fsp3) is 0.556. The van der Waals surface area contributed by atoms with Gasteiger partial charge in [0.2, 0.25) is 5.91 Å². The van der Waals surface area contributed by atoms with Crippen LogP contribution in [0.4, 0.5) is 4.79 Å². The second kappa shape index (κ2) is 9.77. The molecular weight excluding hydrogens is 386 g/mol. The van der Waals surface area contributed by atoms with Crippen molar-refractivity contribution in [2.45, 2.75) is 44.7 Å². The third kappa shape index (κ3) is 6.66. The van der Waals surface area contributed by atoms with E-state index in [0.717, 1.165) is 41.5 Å². The molecule has 0 saturated heterocycles. The quantitative estimate of drug-likeness (QED) is 0.754. The summed E-state index contributed by atoms with van der Waals surface area (Å²) >= 11 is 3.44. The number of halogens is 1. The molecule has 1 fully saturated rings. The van der Waals surface area contributed by atoms with Crippen LogP contribution >= 0.6 is 15.9 Å². The van der Waals surface area contributed by atoms with Gasteiger partial charge in [-0.15, -0.1) is 0 Å². The number of likely N-dealkylation sites (N-methyl/N-ethyl adjacent to an activating group) is 1. The summed E-state index contributed by atoms with van der Waals surface area (Å²) in [5, 5.41) is 5.30. The monoisotopic (exact) mass is 411 g/mol. The summed E-state index contributed by atoms with van der Waals surface area (Å²) in [6.45, 7) is 0.675. The van der Waals surface area contributed by atoms with Gasteiger partial charge in [0.1, 0.15) is 5.75 Å². The molecule has 0 heterocycles. The summed E-state index contributed by atoms with van der Waals surface area (Å²) in [5.74, 6) is 0.454. The first-order chi connectivity index (χ1) is 12.0. The summed E-state index contributed by atoms with van der Waals surface area (Å²) < 4.78 is 6.29. The molecule has 0 aromatic heterocycles. The zero-order valence-corrected chi connectivity index (χ0v) is 16.4. The minimum absolute atomic E-state index is 0.133. The zero-order chi connectivity index (χ0) is 18.2. The van der Waals surface area contributed by atoms with Crippen molar-refractivity contribution in [3.05, 3.63) is 28.2 Å². The predicted molar refractivity (Wildman–Crippen MR) is 101 cm³/mol. The first-order valence-electron chi connectivity index (χ1n) is 8.59. The van der Waals surface area contributed by atoms with Crippen LogP contribution in [0.5, 0.6) is 5.75 Å². The Morgan fingerprint density at radius 3 is 2.68 bits per heavy atom. The highest BCUT2D eigenvalue weighted by Crippen LogP contribution is 2.24. The molecule has 0 aliphatic heterocycles. The summed E-state index contributed by atoms with van der Waals surface area (Å²) in [7, 11) is 3.45. The standard InChI is InChI=1S/C18H26BrN3O3/c1-22(11-13-10-14(19)8-9-16(13)25-2)12-17(23)21-18(24)20-15-6-4-3-5-7-15/h8-10,15H,3-7,11-12H2,1-2H3,(H2,20,21,23,24). The number of imide groups is 1. The Bertz CT molecular complexity index is 603. The van der Waals surface area contributed by atoms with Crippen molar-refractivity contribution >= 4 is 27.9 Å². The molecular formula is C18H26BrN3O3. The number of amides is 3. The number of nitrogens with zero attached hydrogens (tertiary/aromatic N) is 1. The normalized spacial score (nSPS) is 15.0. The van der Waals surface area contributed by atoms with Crippen molar-refractivity contribution < 1.29 is 14.3 Å². The fourth-order valence-electron chi connectivity index (χ4n) is 3.10. The molecule has 7 heteroatoms. The van der Waals surface area contributed by atoms with Gasteiger partial charge in [-0.05, 0) is 38.1 Å². The van der Waals surface area contributed by atoms with E-state index in [1.807, 2.05) is 30.1 Å². The summed E-state index contributed by atoms with van der Waals surface area (Å²) in [5.41, 5.74) is 0.971. The molecule has 0 atom stereocenters. The van der Waals surface area contributed by atoms with Crippen LogP contribution in [-0.4, -0.2) is 43.6 Å². The van der Waals surface area contributed by atoms with Crippen LogP contribution < -0.4 is 15.4 Å². The second-order valence-corrected chi connectivity index (χ2v) is 7.40.